The van der Waals surface area contributed by atoms with Gasteiger partial charge in [-0.05, 0) is 6.42 Å². The predicted octanol–water partition coefficient (Wildman–Crippen LogP) is 1.68. The average molecular weight is 274 g/mol. The molecule has 1 rings (SSSR count). The van der Waals surface area contributed by atoms with Crippen molar-refractivity contribution in [2.75, 3.05) is 25.5 Å². The molecule has 1 amide bonds. The molecule has 0 saturated carbocycles. The number of rotatable bonds is 7. The Kier molecular flexibility index (Phi) is 6.50. The number of hydrogen-bond acceptors (Lipinski definition) is 2. The number of nitrogens with one attached hydrogen (secondary N) is 1. The highest BCUT2D eigenvalue weighted by Gasteiger charge is 2.05. The Bertz CT molecular complexity index is 475. The van der Waals surface area contributed by atoms with Gasteiger partial charge in [0, 0.05) is 37.5 Å². The second-order valence-electron chi connectivity index (χ2n) is 4.78. The largest absolute Gasteiger partial charge is 0.377 e. The van der Waals surface area contributed by atoms with Crippen molar-refractivity contribution < 1.29 is 9.36 Å². The fraction of sp³-hybridized carbons (Fsp3) is 0.375. The van der Waals surface area contributed by atoms with E-state index < -0.39 is 0 Å². The van der Waals surface area contributed by atoms with Crippen LogP contribution in [0.5, 0.6) is 0 Å². The van der Waals surface area contributed by atoms with Crippen molar-refractivity contribution in [1.82, 2.24) is 5.32 Å². The number of nitrogens with zero attached hydrogens (tertiary/aromatic N) is 2. The lowest BCUT2D eigenvalue weighted by atomic mass is 10.2. The molecule has 0 spiro atoms. The number of allylic oxidation sites excluding steroid dienone is 1. The summed E-state index contributed by atoms with van der Waals surface area (Å²) in [5.74, 6) is -0.111. The molecule has 0 aliphatic heterocycles. The van der Waals surface area contributed by atoms with E-state index >= 15 is 0 Å². The van der Waals surface area contributed by atoms with Gasteiger partial charge in [0.2, 0.25) is 0 Å². The first kappa shape index (κ1) is 16.0. The molecule has 0 fully saturated rings. The van der Waals surface area contributed by atoms with Crippen LogP contribution in [-0.2, 0) is 11.3 Å². The van der Waals surface area contributed by atoms with Crippen molar-refractivity contribution >= 4 is 11.6 Å². The first-order chi connectivity index (χ1) is 9.54. The molecule has 4 nitrogen and oxygen atoms in total. The van der Waals surface area contributed by atoms with E-state index in [9.17, 15) is 4.79 Å². The van der Waals surface area contributed by atoms with E-state index in [1.54, 1.807) is 6.08 Å². The summed E-state index contributed by atoms with van der Waals surface area (Å²) in [7, 11) is 4.02. The monoisotopic (exact) mass is 274 g/mol. The van der Waals surface area contributed by atoms with Crippen LogP contribution in [-0.4, -0.2) is 26.5 Å². The van der Waals surface area contributed by atoms with Crippen LogP contribution >= 0.6 is 0 Å². The Morgan fingerprint density at radius 2 is 2.05 bits per heavy atom. The molecular formula is C16H24N3O+. The van der Waals surface area contributed by atoms with E-state index in [1.165, 1.54) is 0 Å². The van der Waals surface area contributed by atoms with Crippen LogP contribution in [0, 0.1) is 0 Å². The van der Waals surface area contributed by atoms with Gasteiger partial charge in [-0.25, -0.2) is 4.57 Å². The highest BCUT2D eigenvalue weighted by molar-refractivity contribution is 5.95. The van der Waals surface area contributed by atoms with Gasteiger partial charge in [-0.2, -0.15) is 0 Å². The summed E-state index contributed by atoms with van der Waals surface area (Å²) in [4.78, 5) is 13.8. The van der Waals surface area contributed by atoms with Crippen molar-refractivity contribution in [2.45, 2.75) is 19.9 Å². The van der Waals surface area contributed by atoms with Gasteiger partial charge in [-0.15, -0.1) is 0 Å². The molecule has 20 heavy (non-hydrogen) atoms. The summed E-state index contributed by atoms with van der Waals surface area (Å²) < 4.78 is 2.04. The van der Waals surface area contributed by atoms with E-state index in [-0.39, 0.29) is 5.91 Å². The van der Waals surface area contributed by atoms with Gasteiger partial charge in [-0.3, -0.25) is 4.79 Å². The van der Waals surface area contributed by atoms with Gasteiger partial charge in [0.15, 0.2) is 18.9 Å². The second kappa shape index (κ2) is 8.15. The number of pyridine rings is 1. The van der Waals surface area contributed by atoms with E-state index in [2.05, 4.69) is 16.8 Å². The van der Waals surface area contributed by atoms with Crippen LogP contribution in [0.1, 0.15) is 13.3 Å². The molecule has 0 atom stereocenters. The van der Waals surface area contributed by atoms with E-state index in [1.807, 2.05) is 56.2 Å². The summed E-state index contributed by atoms with van der Waals surface area (Å²) >= 11 is 0. The molecule has 0 aromatic carbocycles. The molecular weight excluding hydrogens is 250 g/mol. The number of anilines is 1. The fourth-order valence-electron chi connectivity index (χ4n) is 1.64. The minimum Gasteiger partial charge on any atom is -0.377 e. The number of amides is 1. The third kappa shape index (κ3) is 5.26. The molecule has 0 unspecified atom stereocenters. The molecule has 1 aromatic heterocycles. The van der Waals surface area contributed by atoms with E-state index in [0.29, 0.717) is 12.1 Å². The standard InChI is InChI=1S/C16H23N3O/c1-5-6-7-14(2)16(20)17-10-13-19-11-8-15(9-12-19)18(3)4/h6-9,11-12H,2,5,10,13H2,1,3-4H3/p+1/b7-6+. The smallest absolute Gasteiger partial charge is 0.250 e. The molecule has 1 aromatic rings. The minimum absolute atomic E-state index is 0.111. The maximum Gasteiger partial charge on any atom is 0.250 e. The van der Waals surface area contributed by atoms with Gasteiger partial charge in [0.05, 0.1) is 6.54 Å². The van der Waals surface area contributed by atoms with Gasteiger partial charge in [-0.1, -0.05) is 25.7 Å². The Morgan fingerprint density at radius 1 is 1.40 bits per heavy atom. The lowest BCUT2D eigenvalue weighted by Gasteiger charge is -2.10. The summed E-state index contributed by atoms with van der Waals surface area (Å²) in [6.45, 7) is 7.09. The lowest BCUT2D eigenvalue weighted by Crippen LogP contribution is -2.40. The zero-order valence-electron chi connectivity index (χ0n) is 12.6. The first-order valence-electron chi connectivity index (χ1n) is 6.84. The number of hydrogen-bond donors (Lipinski definition) is 1. The quantitative estimate of drug-likeness (QED) is 0.466. The average Bonchev–Trinajstić information content (AvgIpc) is 2.45. The van der Waals surface area contributed by atoms with Crippen molar-refractivity contribution in [3.05, 3.63) is 48.8 Å². The summed E-state index contributed by atoms with van der Waals surface area (Å²) in [6.07, 6.45) is 8.60. The number of carbonyl (C=O) groups excluding carboxylic acids is 1. The Hall–Kier alpha value is -2.10. The van der Waals surface area contributed by atoms with E-state index in [4.69, 9.17) is 0 Å². The first-order valence-corrected chi connectivity index (χ1v) is 6.84. The van der Waals surface area contributed by atoms with Crippen molar-refractivity contribution in [3.63, 3.8) is 0 Å². The van der Waals surface area contributed by atoms with Crippen molar-refractivity contribution in [3.8, 4) is 0 Å². The molecule has 0 aliphatic rings. The Balaban J connectivity index is 2.39. The highest BCUT2D eigenvalue weighted by atomic mass is 16.1. The van der Waals surface area contributed by atoms with Crippen LogP contribution < -0.4 is 14.8 Å². The van der Waals surface area contributed by atoms with Crippen molar-refractivity contribution in [1.29, 1.82) is 0 Å². The van der Waals surface area contributed by atoms with Gasteiger partial charge >= 0.3 is 0 Å². The molecule has 0 aliphatic carbocycles. The summed E-state index contributed by atoms with van der Waals surface area (Å²) in [5, 5.41) is 2.86. The summed E-state index contributed by atoms with van der Waals surface area (Å²) in [5.41, 5.74) is 1.66. The Morgan fingerprint density at radius 3 is 2.60 bits per heavy atom. The molecule has 1 N–H and O–H groups in total. The zero-order chi connectivity index (χ0) is 15.0. The highest BCUT2D eigenvalue weighted by Crippen LogP contribution is 2.05. The van der Waals surface area contributed by atoms with Crippen LogP contribution in [0.2, 0.25) is 0 Å². The van der Waals surface area contributed by atoms with Crippen LogP contribution in [0.25, 0.3) is 0 Å². The van der Waals surface area contributed by atoms with Crippen LogP contribution in [0.15, 0.2) is 48.8 Å². The lowest BCUT2D eigenvalue weighted by molar-refractivity contribution is -0.694. The van der Waals surface area contributed by atoms with Gasteiger partial charge in [0.25, 0.3) is 5.91 Å². The fourth-order valence-corrected chi connectivity index (χ4v) is 1.64. The minimum atomic E-state index is -0.111. The number of carbonyl (C=O) groups is 1. The predicted molar refractivity (Wildman–Crippen MR) is 82.5 cm³/mol. The zero-order valence-corrected chi connectivity index (χ0v) is 12.6. The topological polar surface area (TPSA) is 36.2 Å². The molecule has 0 saturated heterocycles. The van der Waals surface area contributed by atoms with Crippen LogP contribution in [0.4, 0.5) is 5.69 Å². The maximum absolute atomic E-state index is 11.7. The second-order valence-corrected chi connectivity index (χ2v) is 4.78. The SMILES string of the molecule is C=C(/C=C/CC)C(=O)NCC[n+]1ccc(N(C)C)cc1. The molecule has 0 radical (unpaired) electrons. The van der Waals surface area contributed by atoms with Gasteiger partial charge < -0.3 is 10.2 Å². The summed E-state index contributed by atoms with van der Waals surface area (Å²) in [6, 6.07) is 4.09. The Labute approximate surface area is 121 Å². The molecule has 0 bridgehead atoms. The normalized spacial score (nSPS) is 10.6. The van der Waals surface area contributed by atoms with Crippen molar-refractivity contribution in [2.24, 2.45) is 0 Å². The van der Waals surface area contributed by atoms with Crippen LogP contribution in [0.3, 0.4) is 0 Å². The third-order valence-corrected chi connectivity index (χ3v) is 2.89. The third-order valence-electron chi connectivity index (χ3n) is 2.89. The van der Waals surface area contributed by atoms with Gasteiger partial charge in [0.1, 0.15) is 0 Å². The van der Waals surface area contributed by atoms with E-state index in [0.717, 1.165) is 18.7 Å². The maximum atomic E-state index is 11.7. The molecule has 4 heteroatoms. The molecule has 1 heterocycles. The molecule has 108 valence electrons. The number of aromatic nitrogens is 1.